The topological polar surface area (TPSA) is 66.5 Å². The lowest BCUT2D eigenvalue weighted by atomic mass is 9.99. The van der Waals surface area contributed by atoms with Crippen LogP contribution in [0.5, 0.6) is 0 Å². The van der Waals surface area contributed by atoms with E-state index in [-0.39, 0.29) is 5.57 Å². The number of hydrogen-bond acceptors (Lipinski definition) is 3. The van der Waals surface area contributed by atoms with Gasteiger partial charge < -0.3 is 0 Å². The first-order valence-electron chi connectivity index (χ1n) is 11.0. The Morgan fingerprint density at radius 2 is 1.56 bits per heavy atom. The first-order chi connectivity index (χ1) is 16.1. The molecule has 34 heavy (non-hydrogen) atoms. The Balaban J connectivity index is 1.65. The monoisotopic (exact) mass is 472 g/mol. The van der Waals surface area contributed by atoms with E-state index in [1.165, 1.54) is 17.2 Å². The molecule has 3 aromatic rings. The molecule has 0 aliphatic carbocycles. The summed E-state index contributed by atoms with van der Waals surface area (Å²) in [5.74, 6) is -1.40. The van der Waals surface area contributed by atoms with Crippen LogP contribution in [0, 0.1) is 27.7 Å². The minimum Gasteiger partial charge on any atom is -0.273 e. The van der Waals surface area contributed by atoms with Crippen molar-refractivity contribution in [1.29, 1.82) is 0 Å². The fourth-order valence-corrected chi connectivity index (χ4v) is 4.45. The summed E-state index contributed by atoms with van der Waals surface area (Å²) in [6.07, 6.45) is 2.14. The van der Waals surface area contributed by atoms with Gasteiger partial charge in [0.25, 0.3) is 11.8 Å². The molecule has 1 aliphatic heterocycles. The van der Waals surface area contributed by atoms with Gasteiger partial charge in [-0.05, 0) is 80.1 Å². The third-order valence-corrected chi connectivity index (χ3v) is 6.12. The molecule has 5 nitrogen and oxygen atoms in total. The van der Waals surface area contributed by atoms with E-state index in [0.29, 0.717) is 22.7 Å². The Morgan fingerprint density at radius 3 is 2.24 bits per heavy atom. The van der Waals surface area contributed by atoms with E-state index in [9.17, 15) is 14.4 Å². The molecular formula is C28H25ClN2O3. The molecule has 0 saturated carbocycles. The average molecular weight is 473 g/mol. The molecule has 0 radical (unpaired) electrons. The zero-order valence-electron chi connectivity index (χ0n) is 19.5. The van der Waals surface area contributed by atoms with E-state index in [4.69, 9.17) is 11.6 Å². The molecular weight excluding hydrogens is 448 g/mol. The lowest BCUT2D eigenvalue weighted by molar-refractivity contribution is -0.122. The first kappa shape index (κ1) is 23.5. The van der Waals surface area contributed by atoms with Crippen molar-refractivity contribution in [1.82, 2.24) is 5.32 Å². The molecule has 1 N–H and O–H groups in total. The molecule has 0 unspecified atom stereocenters. The molecule has 0 aromatic heterocycles. The van der Waals surface area contributed by atoms with Crippen LogP contribution in [0.25, 0.3) is 6.08 Å². The number of urea groups is 1. The molecule has 0 bridgehead atoms. The van der Waals surface area contributed by atoms with Gasteiger partial charge in [0, 0.05) is 5.02 Å². The summed E-state index contributed by atoms with van der Waals surface area (Å²) in [4.78, 5) is 39.3. The molecule has 1 fully saturated rings. The van der Waals surface area contributed by atoms with Crippen LogP contribution in [0.2, 0.25) is 5.02 Å². The average Bonchev–Trinajstić information content (AvgIpc) is 2.74. The highest BCUT2D eigenvalue weighted by atomic mass is 35.5. The second-order valence-electron chi connectivity index (χ2n) is 8.77. The van der Waals surface area contributed by atoms with Gasteiger partial charge >= 0.3 is 6.03 Å². The summed E-state index contributed by atoms with van der Waals surface area (Å²) >= 11 is 6.56. The number of rotatable bonds is 4. The highest BCUT2D eigenvalue weighted by molar-refractivity contribution is 6.39. The van der Waals surface area contributed by atoms with Gasteiger partial charge in [-0.15, -0.1) is 0 Å². The lowest BCUT2D eigenvalue weighted by Gasteiger charge is -2.27. The summed E-state index contributed by atoms with van der Waals surface area (Å²) in [5.41, 5.74) is 7.06. The molecule has 1 saturated heterocycles. The predicted molar refractivity (Wildman–Crippen MR) is 135 cm³/mol. The summed E-state index contributed by atoms with van der Waals surface area (Å²) < 4.78 is 0. The third kappa shape index (κ3) is 4.80. The van der Waals surface area contributed by atoms with Crippen molar-refractivity contribution >= 4 is 41.2 Å². The van der Waals surface area contributed by atoms with Gasteiger partial charge in [0.1, 0.15) is 5.57 Å². The van der Waals surface area contributed by atoms with Gasteiger partial charge in [0.2, 0.25) is 0 Å². The molecule has 4 amide bonds. The number of nitrogens with zero attached hydrogens (tertiary/aromatic N) is 1. The maximum absolute atomic E-state index is 13.2. The highest BCUT2D eigenvalue weighted by Crippen LogP contribution is 2.28. The molecule has 1 aliphatic rings. The third-order valence-electron chi connectivity index (χ3n) is 5.77. The Kier molecular flexibility index (Phi) is 6.40. The smallest absolute Gasteiger partial charge is 0.273 e. The number of halogens is 1. The molecule has 4 rings (SSSR count). The molecule has 1 heterocycles. The zero-order chi connectivity index (χ0) is 24.6. The van der Waals surface area contributed by atoms with E-state index in [1.54, 1.807) is 12.1 Å². The van der Waals surface area contributed by atoms with Crippen molar-refractivity contribution < 1.29 is 14.4 Å². The van der Waals surface area contributed by atoms with Gasteiger partial charge in [0.15, 0.2) is 0 Å². The number of carbonyl (C=O) groups excluding carboxylic acids is 3. The number of hydrogen-bond donors (Lipinski definition) is 1. The number of anilines is 1. The fourth-order valence-electron chi connectivity index (χ4n) is 4.19. The minimum atomic E-state index is -0.761. The lowest BCUT2D eigenvalue weighted by Crippen LogP contribution is -2.54. The fraction of sp³-hybridized carbons (Fsp3) is 0.179. The van der Waals surface area contributed by atoms with Crippen LogP contribution >= 0.6 is 11.6 Å². The maximum atomic E-state index is 13.2. The maximum Gasteiger partial charge on any atom is 0.335 e. The Labute approximate surface area is 204 Å². The minimum absolute atomic E-state index is 0.126. The Morgan fingerprint density at radius 1 is 0.853 bits per heavy atom. The number of benzene rings is 3. The van der Waals surface area contributed by atoms with Crippen LogP contribution in [0.1, 0.15) is 38.9 Å². The van der Waals surface area contributed by atoms with Gasteiger partial charge in [0.05, 0.1) is 5.69 Å². The predicted octanol–water partition coefficient (Wildman–Crippen LogP) is 5.83. The van der Waals surface area contributed by atoms with E-state index >= 15 is 0 Å². The van der Waals surface area contributed by atoms with Crippen LogP contribution in [0.4, 0.5) is 10.5 Å². The van der Waals surface area contributed by atoms with E-state index < -0.39 is 17.8 Å². The Bertz CT molecular complexity index is 1350. The standard InChI is InChI=1S/C28H25ClN2O3/c1-16-5-6-19(4)25(12-16)31-27(33)23(26(32)30-28(31)34)14-20-7-8-22(24(29)15-20)13-21-10-17(2)9-18(3)11-21/h5-12,14-15H,13H2,1-4H3,(H,30,32,34)/b23-14+. The van der Waals surface area contributed by atoms with E-state index in [2.05, 4.69) is 37.4 Å². The number of aryl methyl sites for hydroxylation is 4. The van der Waals surface area contributed by atoms with Crippen LogP contribution in [0.3, 0.4) is 0 Å². The van der Waals surface area contributed by atoms with Crippen LogP contribution in [-0.4, -0.2) is 17.8 Å². The quantitative estimate of drug-likeness (QED) is 0.383. The van der Waals surface area contributed by atoms with Gasteiger partial charge in [-0.25, -0.2) is 9.69 Å². The van der Waals surface area contributed by atoms with Crippen LogP contribution < -0.4 is 10.2 Å². The van der Waals surface area contributed by atoms with Crippen molar-refractivity contribution in [3.05, 3.63) is 104 Å². The number of nitrogens with one attached hydrogen (secondary N) is 1. The van der Waals surface area contributed by atoms with Crippen molar-refractivity contribution in [2.75, 3.05) is 4.90 Å². The summed E-state index contributed by atoms with van der Waals surface area (Å²) in [6.45, 7) is 7.81. The van der Waals surface area contributed by atoms with Gasteiger partial charge in [-0.1, -0.05) is 65.2 Å². The van der Waals surface area contributed by atoms with Gasteiger partial charge in [-0.3, -0.25) is 14.9 Å². The number of imide groups is 2. The number of amides is 4. The highest BCUT2D eigenvalue weighted by Gasteiger charge is 2.37. The van der Waals surface area contributed by atoms with Crippen molar-refractivity contribution in [2.24, 2.45) is 0 Å². The van der Waals surface area contributed by atoms with Crippen LogP contribution in [0.15, 0.2) is 60.2 Å². The first-order valence-corrected chi connectivity index (χ1v) is 11.3. The van der Waals surface area contributed by atoms with E-state index in [0.717, 1.165) is 27.2 Å². The SMILES string of the molecule is Cc1cc(C)cc(Cc2ccc(/C=C3\C(=O)NC(=O)N(c4cc(C)ccc4C)C3=O)cc2Cl)c1. The number of barbiturate groups is 1. The molecule has 3 aromatic carbocycles. The second-order valence-corrected chi connectivity index (χ2v) is 9.18. The molecule has 172 valence electrons. The van der Waals surface area contributed by atoms with Gasteiger partial charge in [-0.2, -0.15) is 0 Å². The Hall–Kier alpha value is -3.70. The number of carbonyl (C=O) groups is 3. The van der Waals surface area contributed by atoms with Crippen molar-refractivity contribution in [2.45, 2.75) is 34.1 Å². The summed E-state index contributed by atoms with van der Waals surface area (Å²) in [5, 5.41) is 2.81. The zero-order valence-corrected chi connectivity index (χ0v) is 20.3. The molecule has 0 atom stereocenters. The normalized spacial score (nSPS) is 15.1. The van der Waals surface area contributed by atoms with Crippen molar-refractivity contribution in [3.63, 3.8) is 0 Å². The molecule has 6 heteroatoms. The molecule has 0 spiro atoms. The summed E-state index contributed by atoms with van der Waals surface area (Å²) in [6, 6.07) is 16.5. The summed E-state index contributed by atoms with van der Waals surface area (Å²) in [7, 11) is 0. The van der Waals surface area contributed by atoms with Crippen LogP contribution in [-0.2, 0) is 16.0 Å². The largest absolute Gasteiger partial charge is 0.335 e. The van der Waals surface area contributed by atoms with Crippen molar-refractivity contribution in [3.8, 4) is 0 Å². The van der Waals surface area contributed by atoms with E-state index in [1.807, 2.05) is 38.1 Å². The second kappa shape index (κ2) is 9.27.